The van der Waals surface area contributed by atoms with E-state index in [0.29, 0.717) is 31.1 Å². The summed E-state index contributed by atoms with van der Waals surface area (Å²) in [5.41, 5.74) is 2.14. The van der Waals surface area contributed by atoms with Gasteiger partial charge in [-0.25, -0.2) is 17.7 Å². The Labute approximate surface area is 145 Å². The Bertz CT molecular complexity index is 853. The summed E-state index contributed by atoms with van der Waals surface area (Å²) in [7, 11) is -3.17. The highest BCUT2D eigenvalue weighted by atomic mass is 32.2. The fourth-order valence-electron chi connectivity index (χ4n) is 2.90. The van der Waals surface area contributed by atoms with Gasteiger partial charge in [0.2, 0.25) is 15.9 Å². The van der Waals surface area contributed by atoms with Gasteiger partial charge in [-0.15, -0.1) is 0 Å². The van der Waals surface area contributed by atoms with Gasteiger partial charge in [-0.1, -0.05) is 24.3 Å². The third-order valence-corrected chi connectivity index (χ3v) is 6.62. The van der Waals surface area contributed by atoms with Crippen LogP contribution in [0.3, 0.4) is 0 Å². The second kappa shape index (κ2) is 6.78. The summed E-state index contributed by atoms with van der Waals surface area (Å²) in [6, 6.07) is 6.13. The first-order chi connectivity index (χ1) is 11.4. The molecule has 0 radical (unpaired) electrons. The predicted octanol–water partition coefficient (Wildman–Crippen LogP) is 2.47. The first kappa shape index (κ1) is 17.3. The van der Waals surface area contributed by atoms with Crippen LogP contribution in [-0.4, -0.2) is 43.0 Å². The van der Waals surface area contributed by atoms with Crippen LogP contribution in [0.1, 0.15) is 25.3 Å². The highest BCUT2D eigenvalue weighted by Gasteiger charge is 2.29. The third kappa shape index (κ3) is 3.76. The quantitative estimate of drug-likeness (QED) is 0.900. The Kier molecular flexibility index (Phi) is 4.89. The molecule has 1 amide bonds. The number of amides is 1. The first-order valence-corrected chi connectivity index (χ1v) is 10.7. The highest BCUT2D eigenvalue weighted by molar-refractivity contribution is 7.88. The molecule has 1 aromatic heterocycles. The molecule has 0 unspecified atom stereocenters. The van der Waals surface area contributed by atoms with Crippen LogP contribution in [0.5, 0.6) is 0 Å². The van der Waals surface area contributed by atoms with Crippen molar-refractivity contribution >= 4 is 42.6 Å². The maximum atomic E-state index is 12.4. The van der Waals surface area contributed by atoms with Gasteiger partial charge in [0.25, 0.3) is 0 Å². The number of hydrogen-bond donors (Lipinski definition) is 1. The van der Waals surface area contributed by atoms with Crippen molar-refractivity contribution in [3.05, 3.63) is 23.8 Å². The predicted molar refractivity (Wildman–Crippen MR) is 96.8 cm³/mol. The van der Waals surface area contributed by atoms with Crippen molar-refractivity contribution in [2.45, 2.75) is 26.2 Å². The average Bonchev–Trinajstić information content (AvgIpc) is 2.95. The minimum absolute atomic E-state index is 0.0714. The number of piperidine rings is 1. The van der Waals surface area contributed by atoms with Crippen LogP contribution >= 0.6 is 11.3 Å². The second-order valence-corrected chi connectivity index (χ2v) is 9.11. The fraction of sp³-hybridized carbons (Fsp3) is 0.500. The Morgan fingerprint density at radius 2 is 2.08 bits per heavy atom. The lowest BCUT2D eigenvalue weighted by Gasteiger charge is -2.29. The summed E-state index contributed by atoms with van der Waals surface area (Å²) in [6.45, 7) is 2.90. The summed E-state index contributed by atoms with van der Waals surface area (Å²) in [4.78, 5) is 16.9. The highest BCUT2D eigenvalue weighted by Crippen LogP contribution is 2.28. The number of aromatic nitrogens is 1. The zero-order chi connectivity index (χ0) is 17.3. The molecule has 0 saturated carbocycles. The van der Waals surface area contributed by atoms with E-state index in [2.05, 4.69) is 29.4 Å². The number of hydrogen-bond acceptors (Lipinski definition) is 5. The summed E-state index contributed by atoms with van der Waals surface area (Å²) < 4.78 is 25.5. The summed E-state index contributed by atoms with van der Waals surface area (Å²) in [5, 5.41) is 3.50. The Morgan fingerprint density at radius 1 is 1.38 bits per heavy atom. The molecule has 0 spiro atoms. The number of fused-ring (bicyclic) bond motifs is 1. The van der Waals surface area contributed by atoms with E-state index in [9.17, 15) is 13.2 Å². The van der Waals surface area contributed by atoms with E-state index in [1.807, 2.05) is 6.07 Å². The van der Waals surface area contributed by atoms with Gasteiger partial charge in [-0.2, -0.15) is 0 Å². The van der Waals surface area contributed by atoms with Gasteiger partial charge in [0, 0.05) is 19.0 Å². The van der Waals surface area contributed by atoms with Crippen LogP contribution in [-0.2, 0) is 21.2 Å². The summed E-state index contributed by atoms with van der Waals surface area (Å²) in [6.07, 6.45) is 3.26. The Hall–Kier alpha value is -1.51. The molecule has 24 heavy (non-hydrogen) atoms. The molecule has 0 atom stereocenters. The van der Waals surface area contributed by atoms with Gasteiger partial charge in [-0.3, -0.25) is 4.79 Å². The van der Waals surface area contributed by atoms with Crippen molar-refractivity contribution in [3.63, 3.8) is 0 Å². The monoisotopic (exact) mass is 367 g/mol. The molecule has 1 aliphatic heterocycles. The zero-order valence-corrected chi connectivity index (χ0v) is 15.4. The zero-order valence-electron chi connectivity index (χ0n) is 13.8. The average molecular weight is 367 g/mol. The lowest BCUT2D eigenvalue weighted by atomic mass is 9.97. The van der Waals surface area contributed by atoms with Gasteiger partial charge in [0.1, 0.15) is 0 Å². The first-order valence-electron chi connectivity index (χ1n) is 8.02. The number of anilines is 1. The molecule has 0 aliphatic carbocycles. The van der Waals surface area contributed by atoms with Gasteiger partial charge in [0.15, 0.2) is 5.13 Å². The van der Waals surface area contributed by atoms with Gasteiger partial charge in [-0.05, 0) is 37.0 Å². The van der Waals surface area contributed by atoms with Crippen molar-refractivity contribution in [2.75, 3.05) is 24.7 Å². The topological polar surface area (TPSA) is 79.4 Å². The minimum Gasteiger partial charge on any atom is -0.302 e. The van der Waals surface area contributed by atoms with Crippen molar-refractivity contribution < 1.29 is 13.2 Å². The molecule has 2 aromatic rings. The maximum absolute atomic E-state index is 12.4. The number of carbonyl (C=O) groups is 1. The molecule has 3 rings (SSSR count). The van der Waals surface area contributed by atoms with Crippen molar-refractivity contribution in [1.82, 2.24) is 9.29 Å². The van der Waals surface area contributed by atoms with Gasteiger partial charge in [0.05, 0.1) is 16.5 Å². The SMILES string of the molecule is CCc1ccc2nc(NC(=O)C3CCN(S(C)(=O)=O)CC3)sc2c1. The molecule has 1 saturated heterocycles. The number of carbonyl (C=O) groups excluding carboxylic acids is 1. The van der Waals surface area contributed by atoms with Crippen LogP contribution in [0.25, 0.3) is 10.2 Å². The Balaban J connectivity index is 1.65. The summed E-state index contributed by atoms with van der Waals surface area (Å²) in [5.74, 6) is -0.237. The molecule has 6 nitrogen and oxygen atoms in total. The molecule has 130 valence electrons. The molecule has 1 fully saturated rings. The van der Waals surface area contributed by atoms with Crippen molar-refractivity contribution in [3.8, 4) is 0 Å². The molecule has 1 aliphatic rings. The van der Waals surface area contributed by atoms with Crippen molar-refractivity contribution in [1.29, 1.82) is 0 Å². The second-order valence-electron chi connectivity index (χ2n) is 6.10. The number of sulfonamides is 1. The Morgan fingerprint density at radius 3 is 2.71 bits per heavy atom. The number of aryl methyl sites for hydroxylation is 1. The number of nitrogens with one attached hydrogen (secondary N) is 1. The third-order valence-electron chi connectivity index (χ3n) is 4.38. The molecular formula is C16H21N3O3S2. The van der Waals surface area contributed by atoms with Gasteiger partial charge >= 0.3 is 0 Å². The van der Waals surface area contributed by atoms with E-state index in [-0.39, 0.29) is 11.8 Å². The molecule has 0 bridgehead atoms. The van der Waals surface area contributed by atoms with E-state index in [1.165, 1.54) is 27.5 Å². The number of benzene rings is 1. The van der Waals surface area contributed by atoms with E-state index in [1.54, 1.807) is 0 Å². The lowest BCUT2D eigenvalue weighted by Crippen LogP contribution is -2.40. The van der Waals surface area contributed by atoms with E-state index < -0.39 is 10.0 Å². The van der Waals surface area contributed by atoms with E-state index in [4.69, 9.17) is 0 Å². The van der Waals surface area contributed by atoms with E-state index >= 15 is 0 Å². The largest absolute Gasteiger partial charge is 0.302 e. The van der Waals surface area contributed by atoms with Crippen LogP contribution in [0.4, 0.5) is 5.13 Å². The molecular weight excluding hydrogens is 346 g/mol. The minimum atomic E-state index is -3.17. The molecule has 8 heteroatoms. The number of nitrogens with zero attached hydrogens (tertiary/aromatic N) is 2. The number of rotatable bonds is 4. The lowest BCUT2D eigenvalue weighted by molar-refractivity contribution is -0.120. The van der Waals surface area contributed by atoms with Crippen LogP contribution < -0.4 is 5.32 Å². The normalized spacial score (nSPS) is 17.2. The molecule has 1 N–H and O–H groups in total. The molecule has 1 aromatic carbocycles. The smallest absolute Gasteiger partial charge is 0.229 e. The maximum Gasteiger partial charge on any atom is 0.229 e. The molecule has 2 heterocycles. The fourth-order valence-corrected chi connectivity index (χ4v) is 4.71. The van der Waals surface area contributed by atoms with Crippen LogP contribution in [0.2, 0.25) is 0 Å². The standard InChI is InChI=1S/C16H21N3O3S2/c1-3-11-4-5-13-14(10-11)23-16(17-13)18-15(20)12-6-8-19(9-7-12)24(2,21)22/h4-5,10,12H,3,6-9H2,1-2H3,(H,17,18,20). The van der Waals surface area contributed by atoms with Crippen molar-refractivity contribution in [2.24, 2.45) is 5.92 Å². The van der Waals surface area contributed by atoms with Crippen LogP contribution in [0, 0.1) is 5.92 Å². The number of thiazole rings is 1. The van der Waals surface area contributed by atoms with Gasteiger partial charge < -0.3 is 5.32 Å². The summed E-state index contributed by atoms with van der Waals surface area (Å²) >= 11 is 1.47. The van der Waals surface area contributed by atoms with E-state index in [0.717, 1.165) is 16.6 Å². The van der Waals surface area contributed by atoms with Crippen LogP contribution in [0.15, 0.2) is 18.2 Å².